The molecule has 14 heteroatoms. The number of morpholine rings is 1. The van der Waals surface area contributed by atoms with E-state index in [1.165, 1.54) is 11.0 Å². The molecule has 7 rings (SSSR count). The minimum atomic E-state index is -2.93. The van der Waals surface area contributed by atoms with Gasteiger partial charge in [0.2, 0.25) is 5.88 Å². The number of pyridine rings is 1. The van der Waals surface area contributed by atoms with Gasteiger partial charge < -0.3 is 38.8 Å². The maximum atomic E-state index is 13.8. The molecule has 3 aromatic heterocycles. The number of rotatable bonds is 9. The van der Waals surface area contributed by atoms with Crippen LogP contribution in [0, 0.1) is 0 Å². The first kappa shape index (κ1) is 29.8. The summed E-state index contributed by atoms with van der Waals surface area (Å²) in [4.78, 5) is 32.0. The van der Waals surface area contributed by atoms with Crippen molar-refractivity contribution in [3.05, 3.63) is 48.0 Å². The number of nitrogens with one attached hydrogen (secondary N) is 1. The number of H-pyrrole nitrogens is 1. The first-order valence-electron chi connectivity index (χ1n) is 15.2. The van der Waals surface area contributed by atoms with Crippen molar-refractivity contribution in [2.45, 2.75) is 68.4 Å². The van der Waals surface area contributed by atoms with Crippen molar-refractivity contribution in [1.82, 2.24) is 19.9 Å². The van der Waals surface area contributed by atoms with E-state index in [0.29, 0.717) is 43.9 Å². The van der Waals surface area contributed by atoms with Gasteiger partial charge in [-0.1, -0.05) is 0 Å². The molecule has 0 bridgehead atoms. The van der Waals surface area contributed by atoms with Gasteiger partial charge in [0.25, 0.3) is 6.43 Å². The fourth-order valence-electron chi connectivity index (χ4n) is 6.76. The van der Waals surface area contributed by atoms with Crippen molar-refractivity contribution in [1.29, 1.82) is 0 Å². The molecule has 3 atom stereocenters. The van der Waals surface area contributed by atoms with Crippen molar-refractivity contribution in [3.8, 4) is 17.3 Å². The molecule has 3 aliphatic heterocycles. The average Bonchev–Trinajstić information content (AvgIpc) is 3.68. The van der Waals surface area contributed by atoms with Crippen LogP contribution in [0.5, 0.6) is 5.88 Å². The van der Waals surface area contributed by atoms with Crippen LogP contribution in [0.1, 0.15) is 49.9 Å². The second kappa shape index (κ2) is 11.8. The summed E-state index contributed by atoms with van der Waals surface area (Å²) in [7, 11) is 1.73. The van der Waals surface area contributed by atoms with Crippen LogP contribution in [0.25, 0.3) is 11.4 Å². The lowest BCUT2D eigenvalue weighted by Crippen LogP contribution is -2.68. The Balaban J connectivity index is 1.19. The summed E-state index contributed by atoms with van der Waals surface area (Å²) in [5.41, 5.74) is 2.27. The zero-order valence-corrected chi connectivity index (χ0v) is 25.1. The standard InChI is InChI=1S/C31H36F2N6O6/c1-17-31(15-43-16-31)44-7-6-38(17)24-10-19(18-8-20(9-18)42-2)13-35-29(24)45-21-11-25(30(40)41)39(14-21)26-12-23(22-4-3-5-34-22)36-28(37-26)27(32)33/h3-5,10,12-13,17-18,20-21,25,27,34H,6-9,11,14-16H2,1-2H3,(H,40,41)/t17-,18?,20?,21-,25-/m0/s1. The molecule has 240 valence electrons. The highest BCUT2D eigenvalue weighted by molar-refractivity contribution is 5.79. The highest BCUT2D eigenvalue weighted by atomic mass is 19.3. The summed E-state index contributed by atoms with van der Waals surface area (Å²) in [5, 5.41) is 10.2. The number of carboxylic acids is 1. The van der Waals surface area contributed by atoms with Crippen molar-refractivity contribution < 1.29 is 37.6 Å². The van der Waals surface area contributed by atoms with Gasteiger partial charge in [0, 0.05) is 38.5 Å². The summed E-state index contributed by atoms with van der Waals surface area (Å²) in [6.45, 7) is 4.38. The SMILES string of the molecule is COC1CC(c2cnc(O[C@H]3C[C@@H](C(=O)O)N(c4cc(-c5ccc[nH]5)nc(C(F)F)n4)C3)c(N3CCOC4(COC4)[C@@H]3C)c2)C1. The number of hydrogen-bond donors (Lipinski definition) is 2. The third-order valence-electron chi connectivity index (χ3n) is 9.63. The minimum absolute atomic E-state index is 0.0143. The highest BCUT2D eigenvalue weighted by Crippen LogP contribution is 2.44. The Morgan fingerprint density at radius 3 is 2.67 bits per heavy atom. The number of carbonyl (C=O) groups is 1. The molecule has 12 nitrogen and oxygen atoms in total. The summed E-state index contributed by atoms with van der Waals surface area (Å²) in [6.07, 6.45) is 2.12. The predicted molar refractivity (Wildman–Crippen MR) is 158 cm³/mol. The van der Waals surface area contributed by atoms with E-state index in [1.54, 1.807) is 25.4 Å². The molecule has 0 radical (unpaired) electrons. The van der Waals surface area contributed by atoms with Crippen molar-refractivity contribution in [2.24, 2.45) is 0 Å². The lowest BCUT2D eigenvalue weighted by atomic mass is 9.78. The Morgan fingerprint density at radius 1 is 1.18 bits per heavy atom. The van der Waals surface area contributed by atoms with E-state index in [1.807, 2.05) is 6.20 Å². The Morgan fingerprint density at radius 2 is 2.00 bits per heavy atom. The number of methoxy groups -OCH3 is 1. The van der Waals surface area contributed by atoms with Gasteiger partial charge in [-0.25, -0.2) is 28.5 Å². The molecule has 2 N–H and O–H groups in total. The Labute approximate surface area is 258 Å². The number of ether oxygens (including phenoxy) is 4. The molecule has 1 saturated carbocycles. The zero-order chi connectivity index (χ0) is 31.3. The Kier molecular flexibility index (Phi) is 7.82. The van der Waals surface area contributed by atoms with Crippen LogP contribution < -0.4 is 14.5 Å². The van der Waals surface area contributed by atoms with Gasteiger partial charge >= 0.3 is 5.97 Å². The molecule has 3 saturated heterocycles. The van der Waals surface area contributed by atoms with Gasteiger partial charge in [-0.15, -0.1) is 0 Å². The first-order valence-corrected chi connectivity index (χ1v) is 15.2. The number of anilines is 2. The Hall–Kier alpha value is -3.88. The topological polar surface area (TPSA) is 135 Å². The van der Waals surface area contributed by atoms with Crippen LogP contribution in [0.3, 0.4) is 0 Å². The smallest absolute Gasteiger partial charge is 0.326 e. The van der Waals surface area contributed by atoms with Gasteiger partial charge in [0.1, 0.15) is 29.3 Å². The van der Waals surface area contributed by atoms with Gasteiger partial charge in [-0.05, 0) is 49.4 Å². The van der Waals surface area contributed by atoms with Gasteiger partial charge in [0.05, 0.1) is 49.9 Å². The van der Waals surface area contributed by atoms with Crippen molar-refractivity contribution in [2.75, 3.05) is 49.8 Å². The normalized spacial score (nSPS) is 27.4. The quantitative estimate of drug-likeness (QED) is 0.359. The van der Waals surface area contributed by atoms with Crippen molar-refractivity contribution >= 4 is 17.5 Å². The van der Waals surface area contributed by atoms with Gasteiger partial charge in [-0.2, -0.15) is 0 Å². The van der Waals surface area contributed by atoms with E-state index in [0.717, 1.165) is 24.1 Å². The fourth-order valence-corrected chi connectivity index (χ4v) is 6.76. The van der Waals surface area contributed by atoms with Crippen LogP contribution in [0.15, 0.2) is 36.7 Å². The molecule has 6 heterocycles. The summed E-state index contributed by atoms with van der Waals surface area (Å²) in [6, 6.07) is 6.01. The molecular formula is C31H36F2N6O6. The van der Waals surface area contributed by atoms with E-state index >= 15 is 0 Å². The lowest BCUT2D eigenvalue weighted by Gasteiger charge is -2.53. The summed E-state index contributed by atoms with van der Waals surface area (Å²) in [5.74, 6) is -0.966. The molecule has 4 fully saturated rings. The monoisotopic (exact) mass is 626 g/mol. The number of halogens is 2. The van der Waals surface area contributed by atoms with Gasteiger partial charge in [0.15, 0.2) is 5.82 Å². The molecular weight excluding hydrogens is 590 g/mol. The molecule has 1 aliphatic carbocycles. The van der Waals surface area contributed by atoms with E-state index < -0.39 is 36.0 Å². The van der Waals surface area contributed by atoms with Crippen LogP contribution in [-0.4, -0.2) is 101 Å². The largest absolute Gasteiger partial charge is 0.480 e. The van der Waals surface area contributed by atoms with Crippen LogP contribution >= 0.6 is 0 Å². The zero-order valence-electron chi connectivity index (χ0n) is 25.1. The van der Waals surface area contributed by atoms with E-state index in [4.69, 9.17) is 23.9 Å². The molecule has 45 heavy (non-hydrogen) atoms. The molecule has 3 aromatic rings. The maximum Gasteiger partial charge on any atom is 0.326 e. The number of alkyl halides is 2. The van der Waals surface area contributed by atoms with Crippen LogP contribution in [0.2, 0.25) is 0 Å². The third kappa shape index (κ3) is 5.48. The Bertz CT molecular complexity index is 1530. The maximum absolute atomic E-state index is 13.8. The fraction of sp³-hybridized carbons (Fsp3) is 0.548. The minimum Gasteiger partial charge on any atom is -0.480 e. The predicted octanol–water partition coefficient (Wildman–Crippen LogP) is 3.80. The van der Waals surface area contributed by atoms with E-state index in [-0.39, 0.29) is 36.6 Å². The third-order valence-corrected chi connectivity index (χ3v) is 9.63. The van der Waals surface area contributed by atoms with Crippen LogP contribution in [-0.2, 0) is 19.0 Å². The second-order valence-electron chi connectivity index (χ2n) is 12.2. The molecule has 0 unspecified atom stereocenters. The van der Waals surface area contributed by atoms with Crippen LogP contribution in [0.4, 0.5) is 20.3 Å². The molecule has 4 aliphatic rings. The number of aromatic amines is 1. The molecule has 0 amide bonds. The number of nitrogens with zero attached hydrogens (tertiary/aromatic N) is 5. The van der Waals surface area contributed by atoms with Gasteiger partial charge in [-0.3, -0.25) is 0 Å². The highest BCUT2D eigenvalue weighted by Gasteiger charge is 2.50. The molecule has 1 spiro atoms. The number of aromatic nitrogens is 4. The number of aliphatic carboxylic acids is 1. The lowest BCUT2D eigenvalue weighted by molar-refractivity contribution is -0.228. The van der Waals surface area contributed by atoms with Crippen molar-refractivity contribution in [3.63, 3.8) is 0 Å². The average molecular weight is 627 g/mol. The second-order valence-corrected chi connectivity index (χ2v) is 12.2. The van der Waals surface area contributed by atoms with E-state index in [9.17, 15) is 18.7 Å². The summed E-state index contributed by atoms with van der Waals surface area (Å²) < 4.78 is 51.4. The van der Waals surface area contributed by atoms with E-state index in [2.05, 4.69) is 32.8 Å². The summed E-state index contributed by atoms with van der Waals surface area (Å²) >= 11 is 0. The first-order chi connectivity index (χ1) is 21.7. The number of carboxylic acid groups (broad SMARTS) is 1. The number of hydrogen-bond acceptors (Lipinski definition) is 10. The molecule has 0 aromatic carbocycles.